The minimum Gasteiger partial charge on any atom is -0.462 e. The molecule has 0 saturated carbocycles. The molecule has 0 atom stereocenters. The summed E-state index contributed by atoms with van der Waals surface area (Å²) >= 11 is 0. The highest BCUT2D eigenvalue weighted by Crippen LogP contribution is 2.16. The molecule has 0 saturated heterocycles. The van der Waals surface area contributed by atoms with Crippen molar-refractivity contribution in [2.75, 3.05) is 13.2 Å². The Morgan fingerprint density at radius 3 is 1.03 bits per heavy atom. The molecule has 0 N–H and O–H groups in total. The summed E-state index contributed by atoms with van der Waals surface area (Å²) in [5.74, 6) is -3.01. The molecule has 0 aliphatic heterocycles. The van der Waals surface area contributed by atoms with Crippen LogP contribution in [0.15, 0.2) is 23.3 Å². The average Bonchev–Trinajstić information content (AvgIpc) is 2.91. The van der Waals surface area contributed by atoms with Crippen LogP contribution >= 0.6 is 0 Å². The molecule has 38 heavy (non-hydrogen) atoms. The van der Waals surface area contributed by atoms with Crippen LogP contribution in [0.4, 0.5) is 0 Å². The number of carbonyl (C=O) groups is 4. The van der Waals surface area contributed by atoms with E-state index in [2.05, 4.69) is 13.8 Å². The zero-order valence-corrected chi connectivity index (χ0v) is 24.2. The molecular weight excluding hydrogens is 480 g/mol. The fourth-order valence-corrected chi connectivity index (χ4v) is 4.54. The van der Waals surface area contributed by atoms with Gasteiger partial charge in [0.25, 0.3) is 0 Å². The molecule has 0 heterocycles. The van der Waals surface area contributed by atoms with E-state index in [1.807, 2.05) is 0 Å². The Morgan fingerprint density at radius 1 is 0.474 bits per heavy atom. The number of ether oxygens (including phenoxy) is 2. The Morgan fingerprint density at radius 2 is 0.737 bits per heavy atom. The molecule has 0 amide bonds. The number of carbonyl (C=O) groups excluding carboxylic acids is 4. The molecule has 0 aromatic rings. The van der Waals surface area contributed by atoms with E-state index in [0.29, 0.717) is 0 Å². The fourth-order valence-electron chi connectivity index (χ4n) is 4.54. The third-order valence-electron chi connectivity index (χ3n) is 6.98. The van der Waals surface area contributed by atoms with Crippen LogP contribution in [-0.4, -0.2) is 36.7 Å². The van der Waals surface area contributed by atoms with Gasteiger partial charge in [-0.2, -0.15) is 0 Å². The van der Waals surface area contributed by atoms with Crippen molar-refractivity contribution in [1.29, 1.82) is 0 Å². The zero-order valence-electron chi connectivity index (χ0n) is 24.2. The molecule has 0 aromatic heterocycles. The summed E-state index contributed by atoms with van der Waals surface area (Å²) in [4.78, 5) is 49.2. The van der Waals surface area contributed by atoms with Crippen LogP contribution in [0.3, 0.4) is 0 Å². The number of unbranched alkanes of at least 4 members (excludes halogenated alkanes) is 18. The maximum Gasteiger partial charge on any atom is 0.342 e. The first-order valence-corrected chi connectivity index (χ1v) is 15.4. The lowest BCUT2D eigenvalue weighted by atomic mass is 9.97. The van der Waals surface area contributed by atoms with Gasteiger partial charge in [0, 0.05) is 12.2 Å². The highest BCUT2D eigenvalue weighted by atomic mass is 16.5. The molecule has 0 unspecified atom stereocenters. The summed E-state index contributed by atoms with van der Waals surface area (Å²) in [5, 5.41) is 0. The summed E-state index contributed by atoms with van der Waals surface area (Å²) in [7, 11) is 0. The van der Waals surface area contributed by atoms with E-state index in [1.54, 1.807) is 0 Å². The first-order chi connectivity index (χ1) is 18.5. The van der Waals surface area contributed by atoms with Gasteiger partial charge >= 0.3 is 11.9 Å². The highest BCUT2D eigenvalue weighted by molar-refractivity contribution is 6.35. The van der Waals surface area contributed by atoms with Crippen LogP contribution < -0.4 is 0 Å². The lowest BCUT2D eigenvalue weighted by Gasteiger charge is -2.12. The summed E-state index contributed by atoms with van der Waals surface area (Å²) in [6, 6.07) is 0. The van der Waals surface area contributed by atoms with Gasteiger partial charge in [-0.05, 0) is 12.8 Å². The van der Waals surface area contributed by atoms with E-state index in [0.717, 1.165) is 50.7 Å². The van der Waals surface area contributed by atoms with Gasteiger partial charge in [0.1, 0.15) is 11.1 Å². The SMILES string of the molecule is CCCCCCCCCCCCOC(=O)C1=CC(=O)C(C(=O)OCCCCCCCCCCCC)=CC1=O. The second-order valence-electron chi connectivity index (χ2n) is 10.5. The van der Waals surface area contributed by atoms with Crippen LogP contribution in [-0.2, 0) is 28.7 Å². The lowest BCUT2D eigenvalue weighted by molar-refractivity contribution is -0.143. The van der Waals surface area contributed by atoms with Gasteiger partial charge in [-0.15, -0.1) is 0 Å². The van der Waals surface area contributed by atoms with Crippen LogP contribution in [0.1, 0.15) is 142 Å². The molecule has 1 rings (SSSR count). The van der Waals surface area contributed by atoms with Gasteiger partial charge in [-0.25, -0.2) is 9.59 Å². The van der Waals surface area contributed by atoms with Crippen molar-refractivity contribution >= 4 is 23.5 Å². The summed E-state index contributed by atoms with van der Waals surface area (Å²) < 4.78 is 10.4. The first-order valence-electron chi connectivity index (χ1n) is 15.4. The first kappa shape index (κ1) is 33.8. The Bertz CT molecular complexity index is 700. The maximum atomic E-state index is 12.4. The molecule has 0 bridgehead atoms. The van der Waals surface area contributed by atoms with E-state index in [-0.39, 0.29) is 24.4 Å². The van der Waals surface area contributed by atoms with Crippen LogP contribution in [0, 0.1) is 0 Å². The third-order valence-corrected chi connectivity index (χ3v) is 6.98. The molecule has 0 fully saturated rings. The molecule has 6 nitrogen and oxygen atoms in total. The van der Waals surface area contributed by atoms with Crippen molar-refractivity contribution < 1.29 is 28.7 Å². The fraction of sp³-hybridized carbons (Fsp3) is 0.750. The van der Waals surface area contributed by atoms with Crippen molar-refractivity contribution in [3.63, 3.8) is 0 Å². The van der Waals surface area contributed by atoms with Gasteiger partial charge in [-0.3, -0.25) is 9.59 Å². The van der Waals surface area contributed by atoms with E-state index in [4.69, 9.17) is 9.47 Å². The van der Waals surface area contributed by atoms with Crippen molar-refractivity contribution in [3.8, 4) is 0 Å². The Labute approximate surface area is 231 Å². The van der Waals surface area contributed by atoms with Crippen molar-refractivity contribution in [2.24, 2.45) is 0 Å². The van der Waals surface area contributed by atoms with Gasteiger partial charge in [0.15, 0.2) is 11.6 Å². The number of esters is 2. The number of allylic oxidation sites excluding steroid dienone is 2. The van der Waals surface area contributed by atoms with Crippen LogP contribution in [0.25, 0.3) is 0 Å². The number of hydrogen-bond acceptors (Lipinski definition) is 6. The average molecular weight is 533 g/mol. The number of rotatable bonds is 24. The monoisotopic (exact) mass is 532 g/mol. The highest BCUT2D eigenvalue weighted by Gasteiger charge is 2.30. The molecule has 0 spiro atoms. The van der Waals surface area contributed by atoms with Gasteiger partial charge in [0.2, 0.25) is 0 Å². The van der Waals surface area contributed by atoms with Crippen molar-refractivity contribution in [1.82, 2.24) is 0 Å². The van der Waals surface area contributed by atoms with Crippen LogP contribution in [0.2, 0.25) is 0 Å². The smallest absolute Gasteiger partial charge is 0.342 e. The molecule has 1 aliphatic carbocycles. The molecule has 0 radical (unpaired) electrons. The van der Waals surface area contributed by atoms with Gasteiger partial charge in [0.05, 0.1) is 13.2 Å². The van der Waals surface area contributed by atoms with E-state index in [9.17, 15) is 19.2 Å². The summed E-state index contributed by atoms with van der Waals surface area (Å²) in [6.07, 6.45) is 25.2. The predicted octanol–water partition coefficient (Wildman–Crippen LogP) is 7.92. The standard InChI is InChI=1S/C32H52O6/c1-3-5-7-9-11-13-15-17-19-21-23-37-31(35)27-25-30(34)28(26-29(27)33)32(36)38-24-22-20-18-16-14-12-10-8-6-4-2/h25-26H,3-24H2,1-2H3. The van der Waals surface area contributed by atoms with E-state index >= 15 is 0 Å². The Balaban J connectivity index is 2.16. The Kier molecular flexibility index (Phi) is 20.2. The molecular formula is C32H52O6. The lowest BCUT2D eigenvalue weighted by Crippen LogP contribution is -2.25. The molecule has 0 aromatic carbocycles. The molecule has 6 heteroatoms. The molecule has 1 aliphatic rings. The minimum atomic E-state index is -0.812. The maximum absolute atomic E-state index is 12.4. The van der Waals surface area contributed by atoms with Crippen LogP contribution in [0.5, 0.6) is 0 Å². The second-order valence-corrected chi connectivity index (χ2v) is 10.5. The quantitative estimate of drug-likeness (QED) is 0.0543. The largest absolute Gasteiger partial charge is 0.462 e. The Hall–Kier alpha value is -2.24. The number of hydrogen-bond donors (Lipinski definition) is 0. The van der Waals surface area contributed by atoms with E-state index < -0.39 is 23.5 Å². The normalized spacial score (nSPS) is 13.3. The predicted molar refractivity (Wildman–Crippen MR) is 152 cm³/mol. The van der Waals surface area contributed by atoms with Gasteiger partial charge < -0.3 is 9.47 Å². The topological polar surface area (TPSA) is 86.7 Å². The minimum absolute atomic E-state index is 0.214. The summed E-state index contributed by atoms with van der Waals surface area (Å²) in [6.45, 7) is 4.86. The van der Waals surface area contributed by atoms with Gasteiger partial charge in [-0.1, -0.05) is 129 Å². The molecule has 216 valence electrons. The van der Waals surface area contributed by atoms with Crippen molar-refractivity contribution in [3.05, 3.63) is 23.3 Å². The summed E-state index contributed by atoms with van der Waals surface area (Å²) in [5.41, 5.74) is -0.651. The zero-order chi connectivity index (χ0) is 27.8. The number of ketones is 2. The second kappa shape index (κ2) is 22.7. The van der Waals surface area contributed by atoms with E-state index in [1.165, 1.54) is 89.9 Å². The van der Waals surface area contributed by atoms with Crippen molar-refractivity contribution in [2.45, 2.75) is 142 Å². The third kappa shape index (κ3) is 15.9.